The van der Waals surface area contributed by atoms with Gasteiger partial charge in [-0.3, -0.25) is 4.79 Å². The van der Waals surface area contributed by atoms with E-state index in [1.807, 2.05) is 62.4 Å². The van der Waals surface area contributed by atoms with Gasteiger partial charge in [-0.05, 0) is 49.4 Å². The molecule has 1 unspecified atom stereocenters. The predicted molar refractivity (Wildman–Crippen MR) is 104 cm³/mol. The van der Waals surface area contributed by atoms with Crippen molar-refractivity contribution in [2.45, 2.75) is 52.2 Å². The van der Waals surface area contributed by atoms with Crippen LogP contribution in [0.3, 0.4) is 0 Å². The van der Waals surface area contributed by atoms with Gasteiger partial charge in [0.05, 0.1) is 5.60 Å². The van der Waals surface area contributed by atoms with E-state index in [2.05, 4.69) is 6.92 Å². The lowest BCUT2D eigenvalue weighted by Gasteiger charge is -2.32. The molecule has 2 aromatic carbocycles. The van der Waals surface area contributed by atoms with Gasteiger partial charge in [-0.15, -0.1) is 0 Å². The van der Waals surface area contributed by atoms with Crippen LogP contribution in [-0.4, -0.2) is 12.5 Å². The van der Waals surface area contributed by atoms with Gasteiger partial charge in [-0.25, -0.2) is 0 Å². The molecule has 1 amide bonds. The largest absolute Gasteiger partial charge is 0.489 e. The Hall–Kier alpha value is -2.33. The van der Waals surface area contributed by atoms with Crippen molar-refractivity contribution < 1.29 is 14.3 Å². The Bertz CT molecular complexity index is 729. The molecule has 4 nitrogen and oxygen atoms in total. The fourth-order valence-electron chi connectivity index (χ4n) is 3.01. The number of aryl methyl sites for hydroxylation is 1. The smallest absolute Gasteiger partial charge is 0.217 e. The first kappa shape index (κ1) is 20.0. The Kier molecular flexibility index (Phi) is 7.22. The highest BCUT2D eigenvalue weighted by Gasteiger charge is 2.30. The molecular formula is C22H29NO3. The van der Waals surface area contributed by atoms with Crippen LogP contribution in [0.4, 0.5) is 0 Å². The van der Waals surface area contributed by atoms with Crippen LogP contribution in [0.1, 0.15) is 49.8 Å². The highest BCUT2D eigenvalue weighted by Crippen LogP contribution is 2.34. The highest BCUT2D eigenvalue weighted by molar-refractivity contribution is 5.73. The van der Waals surface area contributed by atoms with E-state index >= 15 is 0 Å². The van der Waals surface area contributed by atoms with Crippen molar-refractivity contribution in [2.75, 3.05) is 6.61 Å². The van der Waals surface area contributed by atoms with Gasteiger partial charge >= 0.3 is 0 Å². The molecule has 0 heterocycles. The normalized spacial score (nSPS) is 13.2. The molecule has 1 atom stereocenters. The summed E-state index contributed by atoms with van der Waals surface area (Å²) in [5, 5.41) is 0. The second-order valence-electron chi connectivity index (χ2n) is 6.76. The molecule has 0 bridgehead atoms. The molecule has 0 aliphatic carbocycles. The summed E-state index contributed by atoms with van der Waals surface area (Å²) in [6.07, 6.45) is 1.74. The molecule has 4 heteroatoms. The Balaban J connectivity index is 2.25. The number of hydrogen-bond donors (Lipinski definition) is 1. The maximum absolute atomic E-state index is 11.3. The molecule has 0 fully saturated rings. The predicted octanol–water partition coefficient (Wildman–Crippen LogP) is 4.48. The van der Waals surface area contributed by atoms with E-state index in [1.165, 1.54) is 0 Å². The van der Waals surface area contributed by atoms with E-state index < -0.39 is 5.60 Å². The van der Waals surface area contributed by atoms with Crippen molar-refractivity contribution in [3.05, 3.63) is 65.2 Å². The molecule has 0 aromatic heterocycles. The van der Waals surface area contributed by atoms with Crippen molar-refractivity contribution in [2.24, 2.45) is 5.73 Å². The van der Waals surface area contributed by atoms with E-state index in [4.69, 9.17) is 15.2 Å². The van der Waals surface area contributed by atoms with Crippen LogP contribution >= 0.6 is 0 Å². The summed E-state index contributed by atoms with van der Waals surface area (Å²) in [7, 11) is 0. The lowest BCUT2D eigenvalue weighted by molar-refractivity contribution is -0.120. The lowest BCUT2D eigenvalue weighted by Crippen LogP contribution is -2.30. The molecule has 0 radical (unpaired) electrons. The van der Waals surface area contributed by atoms with Crippen LogP contribution in [0.25, 0.3) is 0 Å². The van der Waals surface area contributed by atoms with Gasteiger partial charge in [0.25, 0.3) is 0 Å². The highest BCUT2D eigenvalue weighted by atomic mass is 16.5. The number of rotatable bonds is 10. The number of benzene rings is 2. The van der Waals surface area contributed by atoms with Gasteiger partial charge < -0.3 is 15.2 Å². The first-order chi connectivity index (χ1) is 12.5. The van der Waals surface area contributed by atoms with E-state index in [9.17, 15) is 4.79 Å². The summed E-state index contributed by atoms with van der Waals surface area (Å²) in [6.45, 7) is 7.20. The van der Waals surface area contributed by atoms with Gasteiger partial charge in [0.15, 0.2) is 0 Å². The number of nitrogens with two attached hydrogens (primary N) is 1. The Morgan fingerprint density at radius 1 is 1.12 bits per heavy atom. The average molecular weight is 355 g/mol. The zero-order chi connectivity index (χ0) is 19.0. The summed E-state index contributed by atoms with van der Waals surface area (Å²) in [5.74, 6) is 0.556. The molecule has 0 saturated heterocycles. The van der Waals surface area contributed by atoms with Gasteiger partial charge in [-0.1, -0.05) is 49.4 Å². The average Bonchev–Trinajstić information content (AvgIpc) is 2.64. The molecule has 0 aliphatic heterocycles. The fourth-order valence-corrected chi connectivity index (χ4v) is 3.01. The number of carbonyl (C=O) groups excluding carboxylic acids is 1. The molecule has 0 spiro atoms. The molecule has 2 N–H and O–H groups in total. The number of para-hydroxylation sites is 1. The van der Waals surface area contributed by atoms with Crippen LogP contribution in [0.5, 0.6) is 5.75 Å². The molecule has 2 rings (SSSR count). The number of amides is 1. The summed E-state index contributed by atoms with van der Waals surface area (Å²) in [4.78, 5) is 11.3. The van der Waals surface area contributed by atoms with Crippen molar-refractivity contribution in [3.8, 4) is 5.75 Å². The summed E-state index contributed by atoms with van der Waals surface area (Å²) in [6, 6.07) is 16.0. The minimum atomic E-state index is -0.573. The minimum absolute atomic E-state index is 0.285. The molecule has 0 aliphatic rings. The molecular weight excluding hydrogens is 326 g/mol. The fraction of sp³-hybridized carbons (Fsp3) is 0.409. The SMILES string of the molecule is CCCOC(C)(CCC(N)=O)c1ccccc1COc1ccccc1C. The third kappa shape index (κ3) is 5.33. The van der Waals surface area contributed by atoms with Crippen LogP contribution in [0.15, 0.2) is 48.5 Å². The summed E-state index contributed by atoms with van der Waals surface area (Å²) >= 11 is 0. The Morgan fingerprint density at radius 3 is 2.50 bits per heavy atom. The Labute approximate surface area is 156 Å². The number of ether oxygens (including phenoxy) is 2. The van der Waals surface area contributed by atoms with Crippen LogP contribution < -0.4 is 10.5 Å². The van der Waals surface area contributed by atoms with Crippen LogP contribution in [-0.2, 0) is 21.7 Å². The topological polar surface area (TPSA) is 61.5 Å². The lowest BCUT2D eigenvalue weighted by atomic mass is 9.87. The zero-order valence-corrected chi connectivity index (χ0v) is 16.0. The minimum Gasteiger partial charge on any atom is -0.489 e. The maximum Gasteiger partial charge on any atom is 0.217 e. The van der Waals surface area contributed by atoms with Crippen molar-refractivity contribution in [3.63, 3.8) is 0 Å². The number of hydrogen-bond acceptors (Lipinski definition) is 3. The van der Waals surface area contributed by atoms with E-state index in [1.54, 1.807) is 0 Å². The maximum atomic E-state index is 11.3. The molecule has 2 aromatic rings. The van der Waals surface area contributed by atoms with E-state index in [-0.39, 0.29) is 12.3 Å². The molecule has 26 heavy (non-hydrogen) atoms. The van der Waals surface area contributed by atoms with Crippen LogP contribution in [0, 0.1) is 6.92 Å². The quantitative estimate of drug-likeness (QED) is 0.683. The Morgan fingerprint density at radius 2 is 1.81 bits per heavy atom. The molecule has 140 valence electrons. The first-order valence-electron chi connectivity index (χ1n) is 9.15. The third-order valence-corrected chi connectivity index (χ3v) is 4.54. The number of primary amides is 1. The van der Waals surface area contributed by atoms with Crippen molar-refractivity contribution in [1.29, 1.82) is 0 Å². The van der Waals surface area contributed by atoms with Gasteiger partial charge in [0.1, 0.15) is 12.4 Å². The van der Waals surface area contributed by atoms with Gasteiger partial charge in [0, 0.05) is 13.0 Å². The molecule has 0 saturated carbocycles. The summed E-state index contributed by atoms with van der Waals surface area (Å²) in [5.41, 5.74) is 8.00. The van der Waals surface area contributed by atoms with E-state index in [0.29, 0.717) is 19.6 Å². The van der Waals surface area contributed by atoms with Crippen molar-refractivity contribution >= 4 is 5.91 Å². The zero-order valence-electron chi connectivity index (χ0n) is 16.0. The second kappa shape index (κ2) is 9.39. The number of carbonyl (C=O) groups is 1. The van der Waals surface area contributed by atoms with Crippen LogP contribution in [0.2, 0.25) is 0 Å². The van der Waals surface area contributed by atoms with Crippen molar-refractivity contribution in [1.82, 2.24) is 0 Å². The van der Waals surface area contributed by atoms with Gasteiger partial charge in [0.2, 0.25) is 5.91 Å². The third-order valence-electron chi connectivity index (χ3n) is 4.54. The summed E-state index contributed by atoms with van der Waals surface area (Å²) < 4.78 is 12.2. The van der Waals surface area contributed by atoms with Gasteiger partial charge in [-0.2, -0.15) is 0 Å². The monoisotopic (exact) mass is 355 g/mol. The van der Waals surface area contributed by atoms with E-state index in [0.717, 1.165) is 28.9 Å². The standard InChI is InChI=1S/C22H29NO3/c1-4-15-26-22(3,14-13-21(23)24)19-11-7-6-10-18(19)16-25-20-12-8-5-9-17(20)2/h5-12H,4,13-16H2,1-3H3,(H2,23,24). The second-order valence-corrected chi connectivity index (χ2v) is 6.76. The first-order valence-corrected chi connectivity index (χ1v) is 9.15.